The molecule has 0 spiro atoms. The van der Waals surface area contributed by atoms with Crippen LogP contribution in [0.4, 0.5) is 0 Å². The van der Waals surface area contributed by atoms with Crippen molar-refractivity contribution in [1.82, 2.24) is 0 Å². The first-order valence-electron chi connectivity index (χ1n) is 4.26. The number of aryl methyl sites for hydroxylation is 1. The maximum atomic E-state index is 5.61. The fourth-order valence-corrected chi connectivity index (χ4v) is 1.63. The molecule has 2 N–H and O–H groups in total. The van der Waals surface area contributed by atoms with Gasteiger partial charge in [-0.05, 0) is 18.6 Å². The zero-order valence-electron chi connectivity index (χ0n) is 7.21. The summed E-state index contributed by atoms with van der Waals surface area (Å²) in [5, 5.41) is 0. The van der Waals surface area contributed by atoms with Crippen molar-refractivity contribution in [3.8, 4) is 5.75 Å². The van der Waals surface area contributed by atoms with Crippen LogP contribution in [0, 0.1) is 6.92 Å². The zero-order chi connectivity index (χ0) is 8.55. The van der Waals surface area contributed by atoms with Crippen molar-refractivity contribution in [2.75, 3.05) is 6.54 Å². The van der Waals surface area contributed by atoms with Gasteiger partial charge in [-0.15, -0.1) is 0 Å². The Morgan fingerprint density at radius 1 is 1.58 bits per heavy atom. The lowest BCUT2D eigenvalue weighted by atomic mass is 10.0. The number of ether oxygens (including phenoxy) is 1. The van der Waals surface area contributed by atoms with E-state index in [9.17, 15) is 0 Å². The number of fused-ring (bicyclic) bond motifs is 1. The molecule has 0 amide bonds. The number of hydrogen-bond donors (Lipinski definition) is 1. The Balaban J connectivity index is 2.35. The van der Waals surface area contributed by atoms with Gasteiger partial charge in [0.1, 0.15) is 11.9 Å². The van der Waals surface area contributed by atoms with Gasteiger partial charge in [0.2, 0.25) is 0 Å². The van der Waals surface area contributed by atoms with E-state index in [0.717, 1.165) is 12.2 Å². The Morgan fingerprint density at radius 3 is 3.08 bits per heavy atom. The minimum absolute atomic E-state index is 0.195. The second kappa shape index (κ2) is 2.79. The lowest BCUT2D eigenvalue weighted by Crippen LogP contribution is -2.24. The number of hydrogen-bond acceptors (Lipinski definition) is 2. The molecule has 1 aromatic carbocycles. The molecule has 0 fully saturated rings. The predicted octanol–water partition coefficient (Wildman–Crippen LogP) is 1.26. The van der Waals surface area contributed by atoms with Crippen LogP contribution >= 0.6 is 0 Å². The SMILES string of the molecule is Cc1cccc2c1CC(CN)O2. The second-order valence-corrected chi connectivity index (χ2v) is 3.23. The smallest absolute Gasteiger partial charge is 0.123 e. The monoisotopic (exact) mass is 163 g/mol. The molecule has 12 heavy (non-hydrogen) atoms. The highest BCUT2D eigenvalue weighted by molar-refractivity contribution is 5.42. The van der Waals surface area contributed by atoms with Crippen LogP contribution in [0.15, 0.2) is 18.2 Å². The maximum Gasteiger partial charge on any atom is 0.123 e. The van der Waals surface area contributed by atoms with Crippen LogP contribution in [-0.2, 0) is 6.42 Å². The van der Waals surface area contributed by atoms with Crippen LogP contribution in [-0.4, -0.2) is 12.6 Å². The second-order valence-electron chi connectivity index (χ2n) is 3.23. The average Bonchev–Trinajstić information content (AvgIpc) is 2.49. The summed E-state index contributed by atoms with van der Waals surface area (Å²) in [6.07, 6.45) is 1.17. The Morgan fingerprint density at radius 2 is 2.42 bits per heavy atom. The number of nitrogens with two attached hydrogens (primary N) is 1. The third kappa shape index (κ3) is 1.08. The van der Waals surface area contributed by atoms with E-state index in [1.165, 1.54) is 11.1 Å². The first-order valence-corrected chi connectivity index (χ1v) is 4.26. The summed E-state index contributed by atoms with van der Waals surface area (Å²) in [5.41, 5.74) is 8.17. The van der Waals surface area contributed by atoms with Gasteiger partial charge in [0.25, 0.3) is 0 Å². The summed E-state index contributed by atoms with van der Waals surface area (Å²) in [5.74, 6) is 1.02. The standard InChI is InChI=1S/C10H13NO/c1-7-3-2-4-10-9(7)5-8(6-11)12-10/h2-4,8H,5-6,11H2,1H3. The van der Waals surface area contributed by atoms with Gasteiger partial charge in [0, 0.05) is 18.5 Å². The summed E-state index contributed by atoms with van der Waals surface area (Å²) < 4.78 is 5.61. The fraction of sp³-hybridized carbons (Fsp3) is 0.400. The molecule has 64 valence electrons. The Labute approximate surface area is 72.3 Å². The summed E-state index contributed by atoms with van der Waals surface area (Å²) in [7, 11) is 0. The van der Waals surface area contributed by atoms with E-state index in [0.29, 0.717) is 6.54 Å². The van der Waals surface area contributed by atoms with Gasteiger partial charge in [0.05, 0.1) is 0 Å². The van der Waals surface area contributed by atoms with Gasteiger partial charge in [-0.25, -0.2) is 0 Å². The van der Waals surface area contributed by atoms with E-state index < -0.39 is 0 Å². The average molecular weight is 163 g/mol. The van der Waals surface area contributed by atoms with E-state index in [1.807, 2.05) is 12.1 Å². The molecule has 2 heteroatoms. The molecule has 1 atom stereocenters. The molecule has 0 aromatic heterocycles. The molecular formula is C10H13NO. The number of benzene rings is 1. The van der Waals surface area contributed by atoms with E-state index in [-0.39, 0.29) is 6.10 Å². The van der Waals surface area contributed by atoms with Gasteiger partial charge in [0.15, 0.2) is 0 Å². The van der Waals surface area contributed by atoms with Crippen molar-refractivity contribution in [1.29, 1.82) is 0 Å². The van der Waals surface area contributed by atoms with Gasteiger partial charge < -0.3 is 10.5 Å². The van der Waals surface area contributed by atoms with Crippen molar-refractivity contribution >= 4 is 0 Å². The first kappa shape index (κ1) is 7.62. The minimum Gasteiger partial charge on any atom is -0.488 e. The fourth-order valence-electron chi connectivity index (χ4n) is 1.63. The highest BCUT2D eigenvalue weighted by Crippen LogP contribution is 2.30. The van der Waals surface area contributed by atoms with E-state index in [4.69, 9.17) is 10.5 Å². The van der Waals surface area contributed by atoms with Crippen LogP contribution in [0.5, 0.6) is 5.75 Å². The van der Waals surface area contributed by atoms with Gasteiger partial charge >= 0.3 is 0 Å². The molecule has 1 aromatic rings. The maximum absolute atomic E-state index is 5.61. The lowest BCUT2D eigenvalue weighted by molar-refractivity contribution is 0.241. The molecule has 1 aliphatic heterocycles. The van der Waals surface area contributed by atoms with Crippen molar-refractivity contribution in [3.05, 3.63) is 29.3 Å². The van der Waals surface area contributed by atoms with E-state index in [1.54, 1.807) is 0 Å². The van der Waals surface area contributed by atoms with Crippen molar-refractivity contribution in [2.45, 2.75) is 19.4 Å². The summed E-state index contributed by atoms with van der Waals surface area (Å²) in [6.45, 7) is 2.72. The van der Waals surface area contributed by atoms with Gasteiger partial charge in [-0.3, -0.25) is 0 Å². The van der Waals surface area contributed by atoms with Crippen LogP contribution in [0.2, 0.25) is 0 Å². The van der Waals surface area contributed by atoms with Crippen molar-refractivity contribution in [2.24, 2.45) is 5.73 Å². The molecule has 1 heterocycles. The summed E-state index contributed by atoms with van der Waals surface area (Å²) >= 11 is 0. The van der Waals surface area contributed by atoms with Crippen molar-refractivity contribution in [3.63, 3.8) is 0 Å². The van der Waals surface area contributed by atoms with Crippen LogP contribution in [0.1, 0.15) is 11.1 Å². The highest BCUT2D eigenvalue weighted by Gasteiger charge is 2.22. The third-order valence-corrected chi connectivity index (χ3v) is 2.36. The summed E-state index contributed by atoms with van der Waals surface area (Å²) in [6, 6.07) is 6.14. The molecule has 1 unspecified atom stereocenters. The third-order valence-electron chi connectivity index (χ3n) is 2.36. The zero-order valence-corrected chi connectivity index (χ0v) is 7.21. The van der Waals surface area contributed by atoms with Crippen LogP contribution < -0.4 is 10.5 Å². The topological polar surface area (TPSA) is 35.2 Å². The molecule has 1 aliphatic rings. The molecule has 2 nitrogen and oxygen atoms in total. The van der Waals surface area contributed by atoms with E-state index in [2.05, 4.69) is 13.0 Å². The molecular weight excluding hydrogens is 150 g/mol. The largest absolute Gasteiger partial charge is 0.488 e. The Bertz CT molecular complexity index is 296. The molecule has 0 radical (unpaired) electrons. The van der Waals surface area contributed by atoms with Crippen LogP contribution in [0.3, 0.4) is 0 Å². The van der Waals surface area contributed by atoms with Crippen molar-refractivity contribution < 1.29 is 4.74 Å². The molecule has 0 aliphatic carbocycles. The van der Waals surface area contributed by atoms with E-state index >= 15 is 0 Å². The predicted molar refractivity (Wildman–Crippen MR) is 48.4 cm³/mol. The lowest BCUT2D eigenvalue weighted by Gasteiger charge is -2.05. The highest BCUT2D eigenvalue weighted by atomic mass is 16.5. The molecule has 2 rings (SSSR count). The quantitative estimate of drug-likeness (QED) is 0.676. The van der Waals surface area contributed by atoms with Crippen LogP contribution in [0.25, 0.3) is 0 Å². The van der Waals surface area contributed by atoms with Gasteiger partial charge in [-0.2, -0.15) is 0 Å². The Kier molecular flexibility index (Phi) is 1.77. The molecule has 0 bridgehead atoms. The first-order chi connectivity index (χ1) is 5.81. The number of rotatable bonds is 1. The molecule has 0 saturated heterocycles. The minimum atomic E-state index is 0.195. The Hall–Kier alpha value is -1.02. The van der Waals surface area contributed by atoms with Gasteiger partial charge in [-0.1, -0.05) is 12.1 Å². The summed E-state index contributed by atoms with van der Waals surface area (Å²) in [4.78, 5) is 0. The molecule has 0 saturated carbocycles. The normalized spacial score (nSPS) is 20.3.